The van der Waals surface area contributed by atoms with Crippen LogP contribution in [0.5, 0.6) is 0 Å². The maximum atomic E-state index is 12.6. The van der Waals surface area contributed by atoms with Gasteiger partial charge in [0.25, 0.3) is 11.5 Å². The van der Waals surface area contributed by atoms with E-state index in [0.29, 0.717) is 11.3 Å². The van der Waals surface area contributed by atoms with Crippen molar-refractivity contribution in [2.45, 2.75) is 13.8 Å². The summed E-state index contributed by atoms with van der Waals surface area (Å²) in [4.78, 5) is 37.5. The lowest BCUT2D eigenvalue weighted by Crippen LogP contribution is -2.27. The Morgan fingerprint density at radius 1 is 1.07 bits per heavy atom. The number of benzene rings is 2. The van der Waals surface area contributed by atoms with Gasteiger partial charge in [-0.2, -0.15) is 9.78 Å². The molecule has 0 spiro atoms. The maximum absolute atomic E-state index is 12.6. The van der Waals surface area contributed by atoms with Gasteiger partial charge in [-0.1, -0.05) is 35.9 Å². The third-order valence-corrected chi connectivity index (χ3v) is 3.93. The predicted octanol–water partition coefficient (Wildman–Crippen LogP) is 2.97. The van der Waals surface area contributed by atoms with E-state index in [-0.39, 0.29) is 18.0 Å². The zero-order valence-electron chi connectivity index (χ0n) is 15.5. The Bertz CT molecular complexity index is 1070. The quantitative estimate of drug-likeness (QED) is 0.691. The molecule has 0 atom stereocenters. The number of carbonyl (C=O) groups excluding carboxylic acids is 2. The largest absolute Gasteiger partial charge is 0.461 e. The van der Waals surface area contributed by atoms with Gasteiger partial charge in [0.2, 0.25) is 0 Å². The number of esters is 1. The fourth-order valence-corrected chi connectivity index (χ4v) is 2.64. The van der Waals surface area contributed by atoms with Gasteiger partial charge >= 0.3 is 5.97 Å². The molecule has 28 heavy (non-hydrogen) atoms. The van der Waals surface area contributed by atoms with Crippen molar-refractivity contribution in [3.05, 3.63) is 87.8 Å². The van der Waals surface area contributed by atoms with Crippen LogP contribution in [0.4, 0.5) is 5.69 Å². The number of carbonyl (C=O) groups is 2. The minimum Gasteiger partial charge on any atom is -0.461 e. The summed E-state index contributed by atoms with van der Waals surface area (Å²) in [7, 11) is 0. The molecule has 7 heteroatoms. The van der Waals surface area contributed by atoms with Crippen LogP contribution in [0.2, 0.25) is 0 Å². The molecule has 0 aliphatic rings. The minimum atomic E-state index is -0.730. The predicted molar refractivity (Wildman–Crippen MR) is 105 cm³/mol. The van der Waals surface area contributed by atoms with E-state index >= 15 is 0 Å². The van der Waals surface area contributed by atoms with E-state index in [1.165, 1.54) is 6.07 Å². The second kappa shape index (κ2) is 8.30. The Kier molecular flexibility index (Phi) is 5.64. The molecule has 0 radical (unpaired) electrons. The Hall–Kier alpha value is -3.74. The fraction of sp³-hybridized carbons (Fsp3) is 0.143. The maximum Gasteiger partial charge on any atom is 0.360 e. The summed E-state index contributed by atoms with van der Waals surface area (Å²) in [5, 5.41) is 6.74. The van der Waals surface area contributed by atoms with Crippen LogP contribution < -0.4 is 10.9 Å². The van der Waals surface area contributed by atoms with E-state index in [1.54, 1.807) is 55.5 Å². The van der Waals surface area contributed by atoms with Crippen LogP contribution in [0, 0.1) is 6.92 Å². The molecule has 1 N–H and O–H groups in total. The first-order valence-electron chi connectivity index (χ1n) is 8.74. The number of ether oxygens (including phenoxy) is 1. The lowest BCUT2D eigenvalue weighted by atomic mass is 10.1. The molecule has 0 fully saturated rings. The first-order chi connectivity index (χ1) is 13.5. The monoisotopic (exact) mass is 377 g/mol. The normalized spacial score (nSPS) is 10.4. The Labute approximate surface area is 161 Å². The average Bonchev–Trinajstić information content (AvgIpc) is 2.69. The van der Waals surface area contributed by atoms with E-state index in [0.717, 1.165) is 10.2 Å². The molecule has 0 unspecified atom stereocenters. The van der Waals surface area contributed by atoms with Crippen molar-refractivity contribution >= 4 is 17.6 Å². The summed E-state index contributed by atoms with van der Waals surface area (Å²) in [5.41, 5.74) is 1.18. The minimum absolute atomic E-state index is 0.00198. The van der Waals surface area contributed by atoms with E-state index in [9.17, 15) is 14.4 Å². The first-order valence-corrected chi connectivity index (χ1v) is 8.74. The van der Waals surface area contributed by atoms with E-state index < -0.39 is 17.4 Å². The van der Waals surface area contributed by atoms with Crippen LogP contribution in [0.15, 0.2) is 65.5 Å². The van der Waals surface area contributed by atoms with Crippen LogP contribution in [0.25, 0.3) is 5.69 Å². The van der Waals surface area contributed by atoms with Crippen molar-refractivity contribution in [2.75, 3.05) is 11.9 Å². The Balaban J connectivity index is 2.04. The summed E-state index contributed by atoms with van der Waals surface area (Å²) in [6.07, 6.45) is 0. The Morgan fingerprint density at radius 2 is 1.82 bits per heavy atom. The molecule has 2 aromatic carbocycles. The van der Waals surface area contributed by atoms with Crippen molar-refractivity contribution in [1.29, 1.82) is 0 Å². The SMILES string of the molecule is CCOC(=O)c1nn(-c2ccccc2)c(=O)cc1NC(=O)c1cccc(C)c1. The zero-order valence-corrected chi connectivity index (χ0v) is 15.5. The second-order valence-corrected chi connectivity index (χ2v) is 6.04. The number of aryl methyl sites for hydroxylation is 1. The highest BCUT2D eigenvalue weighted by Crippen LogP contribution is 2.15. The van der Waals surface area contributed by atoms with Gasteiger partial charge in [0.15, 0.2) is 5.69 Å². The van der Waals surface area contributed by atoms with Crippen LogP contribution in [0.1, 0.15) is 33.3 Å². The number of amides is 1. The zero-order chi connectivity index (χ0) is 20.1. The summed E-state index contributed by atoms with van der Waals surface area (Å²) in [5.74, 6) is -1.18. The third kappa shape index (κ3) is 4.15. The van der Waals surface area contributed by atoms with Crippen molar-refractivity contribution in [2.24, 2.45) is 0 Å². The van der Waals surface area contributed by atoms with Gasteiger partial charge in [0.05, 0.1) is 18.0 Å². The van der Waals surface area contributed by atoms with Crippen molar-refractivity contribution in [3.8, 4) is 5.69 Å². The summed E-state index contributed by atoms with van der Waals surface area (Å²) in [6, 6.07) is 16.8. The fourth-order valence-electron chi connectivity index (χ4n) is 2.64. The molecule has 142 valence electrons. The highest BCUT2D eigenvalue weighted by Gasteiger charge is 2.20. The average molecular weight is 377 g/mol. The molecule has 1 aromatic heterocycles. The number of hydrogen-bond donors (Lipinski definition) is 1. The molecular weight excluding hydrogens is 358 g/mol. The summed E-state index contributed by atoms with van der Waals surface area (Å²) >= 11 is 0. The summed E-state index contributed by atoms with van der Waals surface area (Å²) in [6.45, 7) is 3.66. The second-order valence-electron chi connectivity index (χ2n) is 6.04. The molecule has 0 saturated carbocycles. The van der Waals surface area contributed by atoms with Gasteiger partial charge in [0.1, 0.15) is 0 Å². The van der Waals surface area contributed by atoms with E-state index in [2.05, 4.69) is 10.4 Å². The number of aromatic nitrogens is 2. The standard InChI is InChI=1S/C21H19N3O4/c1-3-28-21(27)19-17(22-20(26)15-9-7-8-14(2)12-15)13-18(25)24(23-19)16-10-5-4-6-11-16/h4-13H,3H2,1-2H3,(H,22,26). The number of nitrogens with one attached hydrogen (secondary N) is 1. The van der Waals surface area contributed by atoms with Crippen LogP contribution in [-0.4, -0.2) is 28.3 Å². The van der Waals surface area contributed by atoms with Gasteiger partial charge in [-0.15, -0.1) is 0 Å². The molecule has 3 rings (SSSR count). The molecule has 7 nitrogen and oxygen atoms in total. The van der Waals surface area contributed by atoms with Crippen molar-refractivity contribution < 1.29 is 14.3 Å². The molecule has 1 heterocycles. The number of hydrogen-bond acceptors (Lipinski definition) is 5. The van der Waals surface area contributed by atoms with Crippen molar-refractivity contribution in [1.82, 2.24) is 9.78 Å². The van der Waals surface area contributed by atoms with Gasteiger partial charge in [0, 0.05) is 11.6 Å². The van der Waals surface area contributed by atoms with Gasteiger partial charge in [-0.3, -0.25) is 9.59 Å². The van der Waals surface area contributed by atoms with Crippen LogP contribution >= 0.6 is 0 Å². The highest BCUT2D eigenvalue weighted by molar-refractivity contribution is 6.07. The topological polar surface area (TPSA) is 90.3 Å². The molecule has 0 bridgehead atoms. The van der Waals surface area contributed by atoms with Gasteiger partial charge in [-0.05, 0) is 38.1 Å². The lowest BCUT2D eigenvalue weighted by Gasteiger charge is -2.12. The van der Waals surface area contributed by atoms with Crippen molar-refractivity contribution in [3.63, 3.8) is 0 Å². The number of para-hydroxylation sites is 1. The van der Waals surface area contributed by atoms with Crippen LogP contribution in [0.3, 0.4) is 0 Å². The molecule has 3 aromatic rings. The summed E-state index contributed by atoms with van der Waals surface area (Å²) < 4.78 is 6.13. The van der Waals surface area contributed by atoms with Gasteiger partial charge in [-0.25, -0.2) is 4.79 Å². The molecular formula is C21H19N3O4. The van der Waals surface area contributed by atoms with Gasteiger partial charge < -0.3 is 10.1 Å². The highest BCUT2D eigenvalue weighted by atomic mass is 16.5. The third-order valence-electron chi connectivity index (χ3n) is 3.93. The molecule has 0 aliphatic carbocycles. The smallest absolute Gasteiger partial charge is 0.360 e. The number of nitrogens with zero attached hydrogens (tertiary/aromatic N) is 2. The van der Waals surface area contributed by atoms with E-state index in [4.69, 9.17) is 4.74 Å². The molecule has 0 saturated heterocycles. The number of rotatable bonds is 5. The Morgan fingerprint density at radius 3 is 2.50 bits per heavy atom. The molecule has 1 amide bonds. The molecule has 0 aliphatic heterocycles. The lowest BCUT2D eigenvalue weighted by molar-refractivity contribution is 0.0518. The van der Waals surface area contributed by atoms with Crippen LogP contribution in [-0.2, 0) is 4.74 Å². The first kappa shape index (κ1) is 19.0. The number of anilines is 1. The van der Waals surface area contributed by atoms with E-state index in [1.807, 2.05) is 13.0 Å².